The van der Waals surface area contributed by atoms with Gasteiger partial charge in [-0.2, -0.15) is 0 Å². The van der Waals surface area contributed by atoms with Crippen molar-refractivity contribution in [3.05, 3.63) is 0 Å². The van der Waals surface area contributed by atoms with E-state index in [0.29, 0.717) is 13.2 Å². The Labute approximate surface area is 86.3 Å². The zero-order valence-electron chi connectivity index (χ0n) is 9.42. The lowest BCUT2D eigenvalue weighted by Crippen LogP contribution is -2.45. The predicted molar refractivity (Wildman–Crippen MR) is 59.0 cm³/mol. The fourth-order valence-electron chi connectivity index (χ4n) is 1.16. The maximum Gasteiger partial charge on any atom is 0.208 e. The minimum atomic E-state index is 0.620. The van der Waals surface area contributed by atoms with Crippen molar-refractivity contribution in [1.82, 2.24) is 10.3 Å². The number of nitrogens with zero attached hydrogens (tertiary/aromatic N) is 2. The van der Waals surface area contributed by atoms with Crippen LogP contribution >= 0.6 is 0 Å². The third-order valence-corrected chi connectivity index (χ3v) is 1.86. The quantitative estimate of drug-likeness (QED) is 0.212. The van der Waals surface area contributed by atoms with Crippen LogP contribution in [0.1, 0.15) is 20.3 Å². The summed E-state index contributed by atoms with van der Waals surface area (Å²) in [5.74, 6) is 6.14. The Hall–Kier alpha value is -0.810. The molecule has 0 rings (SSSR count). The number of hydrogen-bond acceptors (Lipinski definition) is 3. The van der Waals surface area contributed by atoms with Gasteiger partial charge in [0.05, 0.1) is 13.2 Å². The molecule has 0 saturated carbocycles. The molecule has 5 heteroatoms. The zero-order valence-corrected chi connectivity index (χ0v) is 9.42. The Morgan fingerprint density at radius 1 is 1.50 bits per heavy atom. The number of hydrazine groups is 1. The van der Waals surface area contributed by atoms with Crippen molar-refractivity contribution >= 4 is 5.96 Å². The molecule has 0 amide bonds. The highest BCUT2D eigenvalue weighted by Crippen LogP contribution is 1.92. The lowest BCUT2D eigenvalue weighted by atomic mass is 10.4. The van der Waals surface area contributed by atoms with E-state index < -0.39 is 0 Å². The lowest BCUT2D eigenvalue weighted by Gasteiger charge is -2.23. The van der Waals surface area contributed by atoms with E-state index in [-0.39, 0.29) is 0 Å². The number of aliphatic imine (C=N–C) groups is 1. The number of nitrogens with two attached hydrogens (primary N) is 1. The van der Waals surface area contributed by atoms with Gasteiger partial charge in [-0.05, 0) is 13.3 Å². The number of guanidine groups is 1. The predicted octanol–water partition coefficient (Wildman–Crippen LogP) is 0.184. The molecule has 0 aromatic heterocycles. The molecule has 0 aromatic rings. The summed E-state index contributed by atoms with van der Waals surface area (Å²) in [7, 11) is 1.66. The van der Waals surface area contributed by atoms with Gasteiger partial charge >= 0.3 is 0 Å². The van der Waals surface area contributed by atoms with Gasteiger partial charge in [-0.15, -0.1) is 0 Å². The van der Waals surface area contributed by atoms with Crippen molar-refractivity contribution in [3.8, 4) is 0 Å². The number of ether oxygens (including phenoxy) is 1. The highest BCUT2D eigenvalue weighted by Gasteiger charge is 2.05. The molecule has 14 heavy (non-hydrogen) atoms. The standard InChI is InChI=1S/C9H22N4O/c1-4-7-13(5-2)9(12-10)11-6-8-14-3/h4-8,10H2,1-3H3,(H,11,12). The van der Waals surface area contributed by atoms with Crippen molar-refractivity contribution < 1.29 is 4.74 Å². The third kappa shape index (κ3) is 5.04. The van der Waals surface area contributed by atoms with Gasteiger partial charge in [-0.1, -0.05) is 6.92 Å². The summed E-state index contributed by atoms with van der Waals surface area (Å²) in [5, 5.41) is 0. The second-order valence-electron chi connectivity index (χ2n) is 2.92. The average Bonchev–Trinajstić information content (AvgIpc) is 2.22. The summed E-state index contributed by atoms with van der Waals surface area (Å²) in [5.41, 5.74) is 2.62. The van der Waals surface area contributed by atoms with E-state index in [1.807, 2.05) is 0 Å². The summed E-state index contributed by atoms with van der Waals surface area (Å²) < 4.78 is 4.92. The van der Waals surface area contributed by atoms with Crippen molar-refractivity contribution in [1.29, 1.82) is 0 Å². The van der Waals surface area contributed by atoms with E-state index in [4.69, 9.17) is 10.6 Å². The van der Waals surface area contributed by atoms with Crippen LogP contribution in [-0.2, 0) is 4.74 Å². The van der Waals surface area contributed by atoms with Gasteiger partial charge in [0.1, 0.15) is 0 Å². The first-order valence-corrected chi connectivity index (χ1v) is 5.05. The molecule has 0 saturated heterocycles. The molecule has 0 atom stereocenters. The summed E-state index contributed by atoms with van der Waals surface area (Å²) in [6.45, 7) is 7.34. The molecule has 0 bridgehead atoms. The number of rotatable bonds is 6. The van der Waals surface area contributed by atoms with Gasteiger partial charge in [0.15, 0.2) is 0 Å². The van der Waals surface area contributed by atoms with Crippen LogP contribution in [0.15, 0.2) is 4.99 Å². The Bertz CT molecular complexity index is 161. The van der Waals surface area contributed by atoms with Crippen LogP contribution < -0.4 is 11.3 Å². The van der Waals surface area contributed by atoms with Crippen molar-refractivity contribution in [2.45, 2.75) is 20.3 Å². The Morgan fingerprint density at radius 3 is 2.64 bits per heavy atom. The molecule has 0 fully saturated rings. The van der Waals surface area contributed by atoms with Crippen molar-refractivity contribution in [2.75, 3.05) is 33.4 Å². The van der Waals surface area contributed by atoms with Crippen LogP contribution in [0.4, 0.5) is 0 Å². The highest BCUT2D eigenvalue weighted by atomic mass is 16.5. The largest absolute Gasteiger partial charge is 0.383 e. The van der Waals surface area contributed by atoms with E-state index in [2.05, 4.69) is 29.2 Å². The van der Waals surface area contributed by atoms with Gasteiger partial charge in [-0.3, -0.25) is 5.43 Å². The first kappa shape index (κ1) is 13.2. The first-order valence-electron chi connectivity index (χ1n) is 5.05. The molecule has 5 nitrogen and oxygen atoms in total. The maximum atomic E-state index is 5.40. The molecular weight excluding hydrogens is 180 g/mol. The summed E-state index contributed by atoms with van der Waals surface area (Å²) in [6, 6.07) is 0. The molecule has 0 aromatic carbocycles. The zero-order chi connectivity index (χ0) is 10.8. The number of nitrogens with one attached hydrogen (secondary N) is 1. The molecule has 0 unspecified atom stereocenters. The first-order chi connectivity index (χ1) is 6.79. The molecule has 84 valence electrons. The minimum absolute atomic E-state index is 0.620. The maximum absolute atomic E-state index is 5.40. The van der Waals surface area contributed by atoms with Crippen molar-refractivity contribution in [3.63, 3.8) is 0 Å². The fourth-order valence-corrected chi connectivity index (χ4v) is 1.16. The summed E-state index contributed by atoms with van der Waals surface area (Å²) >= 11 is 0. The van der Waals surface area contributed by atoms with Crippen LogP contribution in [0.25, 0.3) is 0 Å². The SMILES string of the molecule is CCCN(CC)C(=NCCOC)NN. The topological polar surface area (TPSA) is 62.9 Å². The van der Waals surface area contributed by atoms with Gasteiger partial charge in [-0.25, -0.2) is 10.8 Å². The smallest absolute Gasteiger partial charge is 0.208 e. The third-order valence-electron chi connectivity index (χ3n) is 1.86. The van der Waals surface area contributed by atoms with Gasteiger partial charge in [0.2, 0.25) is 5.96 Å². The molecule has 0 heterocycles. The molecule has 0 radical (unpaired) electrons. The summed E-state index contributed by atoms with van der Waals surface area (Å²) in [6.07, 6.45) is 1.08. The number of methoxy groups -OCH3 is 1. The Balaban J connectivity index is 4.11. The van der Waals surface area contributed by atoms with E-state index in [1.54, 1.807) is 7.11 Å². The molecule has 0 aliphatic heterocycles. The van der Waals surface area contributed by atoms with E-state index >= 15 is 0 Å². The van der Waals surface area contributed by atoms with Crippen LogP contribution in [0, 0.1) is 0 Å². The Kier molecular flexibility index (Phi) is 8.27. The molecule has 3 N–H and O–H groups in total. The molecule has 0 aliphatic rings. The monoisotopic (exact) mass is 202 g/mol. The van der Waals surface area contributed by atoms with Crippen LogP contribution in [0.5, 0.6) is 0 Å². The van der Waals surface area contributed by atoms with Crippen LogP contribution in [0.2, 0.25) is 0 Å². The van der Waals surface area contributed by atoms with Crippen LogP contribution in [0.3, 0.4) is 0 Å². The lowest BCUT2D eigenvalue weighted by molar-refractivity contribution is 0.207. The van der Waals surface area contributed by atoms with E-state index in [0.717, 1.165) is 25.5 Å². The van der Waals surface area contributed by atoms with E-state index in [9.17, 15) is 0 Å². The van der Waals surface area contributed by atoms with Gasteiger partial charge in [0.25, 0.3) is 0 Å². The highest BCUT2D eigenvalue weighted by molar-refractivity contribution is 5.79. The van der Waals surface area contributed by atoms with Crippen LogP contribution in [-0.4, -0.2) is 44.2 Å². The van der Waals surface area contributed by atoms with E-state index in [1.165, 1.54) is 0 Å². The van der Waals surface area contributed by atoms with Gasteiger partial charge < -0.3 is 9.64 Å². The second-order valence-corrected chi connectivity index (χ2v) is 2.92. The summed E-state index contributed by atoms with van der Waals surface area (Å²) in [4.78, 5) is 6.41. The second kappa shape index (κ2) is 8.77. The fraction of sp³-hybridized carbons (Fsp3) is 0.889. The number of hydrogen-bond donors (Lipinski definition) is 2. The molecular formula is C9H22N4O. The van der Waals surface area contributed by atoms with Crippen molar-refractivity contribution in [2.24, 2.45) is 10.8 Å². The average molecular weight is 202 g/mol. The van der Waals surface area contributed by atoms with Gasteiger partial charge in [0, 0.05) is 20.2 Å². The minimum Gasteiger partial charge on any atom is -0.383 e. The molecule has 0 spiro atoms. The Morgan fingerprint density at radius 2 is 2.21 bits per heavy atom. The normalized spacial score (nSPS) is 11.6. The molecule has 0 aliphatic carbocycles.